The summed E-state index contributed by atoms with van der Waals surface area (Å²) < 4.78 is 0. The number of carbonyl (C=O) groups excluding carboxylic acids is 1. The van der Waals surface area contributed by atoms with Gasteiger partial charge in [0.2, 0.25) is 0 Å². The van der Waals surface area contributed by atoms with E-state index >= 15 is 0 Å². The fraction of sp³-hybridized carbons (Fsp3) is 0.750. The Kier molecular flexibility index (Phi) is 5.28. The van der Waals surface area contributed by atoms with E-state index in [2.05, 4.69) is 0 Å². The highest BCUT2D eigenvalue weighted by Crippen LogP contribution is 2.01. The summed E-state index contributed by atoms with van der Waals surface area (Å²) in [6.45, 7) is 1.79. The molecule has 3 N–H and O–H groups in total. The van der Waals surface area contributed by atoms with E-state index in [9.17, 15) is 9.59 Å². The molecule has 0 aromatic rings. The summed E-state index contributed by atoms with van der Waals surface area (Å²) in [6.07, 6.45) is 1.90. The third-order valence-corrected chi connectivity index (χ3v) is 1.68. The van der Waals surface area contributed by atoms with Gasteiger partial charge in [-0.1, -0.05) is 6.92 Å². The minimum Gasteiger partial charge on any atom is -0.480 e. The van der Waals surface area contributed by atoms with Gasteiger partial charge in [0, 0.05) is 12.8 Å². The number of hydrogen-bond acceptors (Lipinski definition) is 3. The van der Waals surface area contributed by atoms with Crippen LogP contribution in [0.3, 0.4) is 0 Å². The third kappa shape index (κ3) is 4.85. The largest absolute Gasteiger partial charge is 0.480 e. The molecule has 0 radical (unpaired) electrons. The van der Waals surface area contributed by atoms with Crippen LogP contribution in [0.15, 0.2) is 0 Å². The molecule has 0 saturated carbocycles. The summed E-state index contributed by atoms with van der Waals surface area (Å²) >= 11 is 0. The Labute approximate surface area is 71.8 Å². The SMILES string of the molecule is CCC(=O)CCC[C@@H](N)C(=O)O. The second-order valence-corrected chi connectivity index (χ2v) is 2.73. The number of rotatable bonds is 6. The van der Waals surface area contributed by atoms with Gasteiger partial charge >= 0.3 is 5.97 Å². The zero-order valence-corrected chi connectivity index (χ0v) is 7.25. The Balaban J connectivity index is 3.43. The van der Waals surface area contributed by atoms with Gasteiger partial charge in [0.25, 0.3) is 0 Å². The van der Waals surface area contributed by atoms with Crippen LogP contribution in [0.4, 0.5) is 0 Å². The summed E-state index contributed by atoms with van der Waals surface area (Å²) in [4.78, 5) is 21.0. The Bertz CT molecular complexity index is 168. The number of nitrogens with two attached hydrogens (primary N) is 1. The molecule has 0 aromatic carbocycles. The maximum absolute atomic E-state index is 10.8. The second kappa shape index (κ2) is 5.71. The quantitative estimate of drug-likeness (QED) is 0.614. The molecule has 0 aliphatic rings. The predicted molar refractivity (Wildman–Crippen MR) is 44.8 cm³/mol. The van der Waals surface area contributed by atoms with Gasteiger partial charge in [-0.3, -0.25) is 9.59 Å². The summed E-state index contributed by atoms with van der Waals surface area (Å²) in [5.74, 6) is -0.841. The van der Waals surface area contributed by atoms with Crippen molar-refractivity contribution in [3.05, 3.63) is 0 Å². The monoisotopic (exact) mass is 173 g/mol. The van der Waals surface area contributed by atoms with Crippen molar-refractivity contribution in [1.82, 2.24) is 0 Å². The molecule has 0 rings (SSSR count). The van der Waals surface area contributed by atoms with E-state index in [0.29, 0.717) is 25.7 Å². The van der Waals surface area contributed by atoms with Gasteiger partial charge in [-0.05, 0) is 12.8 Å². The molecule has 0 unspecified atom stereocenters. The third-order valence-electron chi connectivity index (χ3n) is 1.68. The molecule has 1 atom stereocenters. The lowest BCUT2D eigenvalue weighted by atomic mass is 10.1. The van der Waals surface area contributed by atoms with Gasteiger partial charge in [-0.2, -0.15) is 0 Å². The van der Waals surface area contributed by atoms with Crippen LogP contribution in [0.25, 0.3) is 0 Å². The Morgan fingerprint density at radius 2 is 2.08 bits per heavy atom. The van der Waals surface area contributed by atoms with E-state index < -0.39 is 12.0 Å². The molecule has 4 nitrogen and oxygen atoms in total. The van der Waals surface area contributed by atoms with Gasteiger partial charge in [-0.25, -0.2) is 0 Å². The summed E-state index contributed by atoms with van der Waals surface area (Å²) in [7, 11) is 0. The second-order valence-electron chi connectivity index (χ2n) is 2.73. The molecule has 4 heteroatoms. The molecule has 0 spiro atoms. The van der Waals surface area contributed by atoms with E-state index in [0.717, 1.165) is 0 Å². The normalized spacial score (nSPS) is 12.5. The van der Waals surface area contributed by atoms with Crippen molar-refractivity contribution in [1.29, 1.82) is 0 Å². The van der Waals surface area contributed by atoms with Crippen LogP contribution >= 0.6 is 0 Å². The Morgan fingerprint density at radius 1 is 1.50 bits per heavy atom. The molecular formula is C8H15NO3. The highest BCUT2D eigenvalue weighted by Gasteiger charge is 2.10. The van der Waals surface area contributed by atoms with Gasteiger partial charge in [-0.15, -0.1) is 0 Å². The number of carbonyl (C=O) groups is 2. The minimum atomic E-state index is -1.00. The van der Waals surface area contributed by atoms with Crippen LogP contribution in [0.1, 0.15) is 32.6 Å². The highest BCUT2D eigenvalue weighted by molar-refractivity contribution is 5.78. The molecule has 0 saturated heterocycles. The summed E-state index contributed by atoms with van der Waals surface area (Å²) in [6, 6.07) is -0.824. The standard InChI is InChI=1S/C8H15NO3/c1-2-6(10)4-3-5-7(9)8(11)12/h7H,2-5,9H2,1H3,(H,11,12)/t7-/m1/s1. The zero-order chi connectivity index (χ0) is 9.56. The first kappa shape index (κ1) is 11.1. The lowest BCUT2D eigenvalue weighted by molar-refractivity contribution is -0.138. The number of carboxylic acids is 1. The van der Waals surface area contributed by atoms with E-state index in [4.69, 9.17) is 10.8 Å². The number of ketones is 1. The molecule has 12 heavy (non-hydrogen) atoms. The van der Waals surface area contributed by atoms with E-state index in [-0.39, 0.29) is 5.78 Å². The first-order valence-corrected chi connectivity index (χ1v) is 4.08. The fourth-order valence-electron chi connectivity index (χ4n) is 0.819. The molecular weight excluding hydrogens is 158 g/mol. The number of carboxylic acid groups (broad SMARTS) is 1. The lowest BCUT2D eigenvalue weighted by Crippen LogP contribution is -2.29. The topological polar surface area (TPSA) is 80.4 Å². The maximum atomic E-state index is 10.8. The lowest BCUT2D eigenvalue weighted by Gasteiger charge is -2.04. The van der Waals surface area contributed by atoms with Gasteiger partial charge in [0.15, 0.2) is 0 Å². The van der Waals surface area contributed by atoms with E-state index in [1.165, 1.54) is 0 Å². The smallest absolute Gasteiger partial charge is 0.320 e. The molecule has 0 aromatic heterocycles. The average Bonchev–Trinajstić information content (AvgIpc) is 2.03. The van der Waals surface area contributed by atoms with Crippen molar-refractivity contribution in [2.45, 2.75) is 38.6 Å². The Hall–Kier alpha value is -0.900. The van der Waals surface area contributed by atoms with Crippen LogP contribution in [0, 0.1) is 0 Å². The van der Waals surface area contributed by atoms with Gasteiger partial charge in [0.05, 0.1) is 0 Å². The number of aliphatic carboxylic acids is 1. The Morgan fingerprint density at radius 3 is 2.50 bits per heavy atom. The average molecular weight is 173 g/mol. The molecule has 0 heterocycles. The van der Waals surface area contributed by atoms with Gasteiger partial charge < -0.3 is 10.8 Å². The number of Topliss-reactive ketones (excluding diaryl/α,β-unsaturated/α-hetero) is 1. The van der Waals surface area contributed by atoms with Crippen LogP contribution in [-0.4, -0.2) is 22.9 Å². The van der Waals surface area contributed by atoms with Crippen molar-refractivity contribution in [3.8, 4) is 0 Å². The molecule has 0 aliphatic carbocycles. The molecule has 70 valence electrons. The molecule has 0 fully saturated rings. The highest BCUT2D eigenvalue weighted by atomic mass is 16.4. The van der Waals surface area contributed by atoms with E-state index in [1.807, 2.05) is 0 Å². The first-order chi connectivity index (χ1) is 5.57. The molecule has 0 aliphatic heterocycles. The van der Waals surface area contributed by atoms with Crippen LogP contribution < -0.4 is 5.73 Å². The summed E-state index contributed by atoms with van der Waals surface area (Å²) in [5.41, 5.74) is 5.23. The predicted octanol–water partition coefficient (Wildman–Crippen LogP) is 0.548. The van der Waals surface area contributed by atoms with Crippen molar-refractivity contribution < 1.29 is 14.7 Å². The van der Waals surface area contributed by atoms with Crippen LogP contribution in [-0.2, 0) is 9.59 Å². The van der Waals surface area contributed by atoms with Crippen LogP contribution in [0.5, 0.6) is 0 Å². The minimum absolute atomic E-state index is 0.160. The molecule has 0 amide bonds. The van der Waals surface area contributed by atoms with Crippen molar-refractivity contribution >= 4 is 11.8 Å². The van der Waals surface area contributed by atoms with E-state index in [1.54, 1.807) is 6.92 Å². The number of hydrogen-bond donors (Lipinski definition) is 2. The fourth-order valence-corrected chi connectivity index (χ4v) is 0.819. The van der Waals surface area contributed by atoms with Gasteiger partial charge in [0.1, 0.15) is 11.8 Å². The molecule has 0 bridgehead atoms. The van der Waals surface area contributed by atoms with Crippen molar-refractivity contribution in [2.24, 2.45) is 5.73 Å². The summed E-state index contributed by atoms with van der Waals surface area (Å²) in [5, 5.41) is 8.39. The maximum Gasteiger partial charge on any atom is 0.320 e. The van der Waals surface area contributed by atoms with Crippen molar-refractivity contribution in [2.75, 3.05) is 0 Å². The van der Waals surface area contributed by atoms with Crippen molar-refractivity contribution in [3.63, 3.8) is 0 Å². The first-order valence-electron chi connectivity index (χ1n) is 4.08. The zero-order valence-electron chi connectivity index (χ0n) is 7.25. The van der Waals surface area contributed by atoms with Crippen LogP contribution in [0.2, 0.25) is 0 Å².